The van der Waals surface area contributed by atoms with Crippen LogP contribution in [0.3, 0.4) is 0 Å². The van der Waals surface area contributed by atoms with Crippen molar-refractivity contribution >= 4 is 12.0 Å². The minimum atomic E-state index is -0.532. The zero-order chi connectivity index (χ0) is 14.8. The molecular weight excluding hydrogens is 244 g/mol. The predicted octanol–water partition coefficient (Wildman–Crippen LogP) is 2.06. The van der Waals surface area contributed by atoms with Crippen LogP contribution in [0.25, 0.3) is 0 Å². The number of ether oxygens (including phenoxy) is 1. The molecule has 1 aliphatic rings. The van der Waals surface area contributed by atoms with Crippen molar-refractivity contribution in [2.45, 2.75) is 59.1 Å². The topological polar surface area (TPSA) is 67.4 Å². The molecule has 5 nitrogen and oxygen atoms in total. The van der Waals surface area contributed by atoms with Gasteiger partial charge in [0.15, 0.2) is 0 Å². The lowest BCUT2D eigenvalue weighted by atomic mass is 10.1. The fourth-order valence-electron chi connectivity index (χ4n) is 1.75. The summed E-state index contributed by atoms with van der Waals surface area (Å²) in [6.45, 7) is 11.6. The zero-order valence-electron chi connectivity index (χ0n) is 12.8. The molecule has 19 heavy (non-hydrogen) atoms. The summed E-state index contributed by atoms with van der Waals surface area (Å²) in [4.78, 5) is 23.4. The average molecular weight is 270 g/mol. The molecule has 0 radical (unpaired) electrons. The van der Waals surface area contributed by atoms with E-state index in [9.17, 15) is 9.59 Å². The number of rotatable bonds is 4. The summed E-state index contributed by atoms with van der Waals surface area (Å²) in [6, 6.07) is 0. The smallest absolute Gasteiger partial charge is 0.408 e. The van der Waals surface area contributed by atoms with Crippen LogP contribution in [0.4, 0.5) is 4.79 Å². The van der Waals surface area contributed by atoms with Gasteiger partial charge >= 0.3 is 6.09 Å². The van der Waals surface area contributed by atoms with Crippen molar-refractivity contribution in [3.63, 3.8) is 0 Å². The van der Waals surface area contributed by atoms with E-state index in [0.29, 0.717) is 12.5 Å². The maximum Gasteiger partial charge on any atom is 0.408 e. The third-order valence-electron chi connectivity index (χ3n) is 2.99. The lowest BCUT2D eigenvalue weighted by Gasteiger charge is -2.28. The zero-order valence-corrected chi connectivity index (χ0v) is 12.8. The van der Waals surface area contributed by atoms with Crippen LogP contribution in [0, 0.1) is 11.8 Å². The molecule has 0 unspecified atom stereocenters. The maximum atomic E-state index is 11.7. The summed E-state index contributed by atoms with van der Waals surface area (Å²) < 4.78 is 5.19. The van der Waals surface area contributed by atoms with Crippen LogP contribution in [0.5, 0.6) is 0 Å². The van der Waals surface area contributed by atoms with E-state index in [-0.39, 0.29) is 11.8 Å². The van der Waals surface area contributed by atoms with Gasteiger partial charge in [-0.15, -0.1) is 0 Å². The van der Waals surface area contributed by atoms with Crippen molar-refractivity contribution in [2.24, 2.45) is 11.8 Å². The molecule has 0 bridgehead atoms. The molecule has 2 N–H and O–H groups in total. The Morgan fingerprint density at radius 1 is 1.21 bits per heavy atom. The molecule has 0 spiro atoms. The second-order valence-electron chi connectivity index (χ2n) is 7.05. The molecule has 0 aromatic rings. The second-order valence-corrected chi connectivity index (χ2v) is 7.05. The van der Waals surface area contributed by atoms with Crippen LogP contribution in [-0.4, -0.2) is 29.7 Å². The third-order valence-corrected chi connectivity index (χ3v) is 2.99. The van der Waals surface area contributed by atoms with Gasteiger partial charge in [-0.25, -0.2) is 4.79 Å². The van der Waals surface area contributed by atoms with Gasteiger partial charge in [-0.1, -0.05) is 6.92 Å². The van der Waals surface area contributed by atoms with Gasteiger partial charge in [0.05, 0.1) is 5.54 Å². The van der Waals surface area contributed by atoms with Gasteiger partial charge < -0.3 is 15.4 Å². The summed E-state index contributed by atoms with van der Waals surface area (Å²) in [7, 11) is 0. The van der Waals surface area contributed by atoms with E-state index >= 15 is 0 Å². The van der Waals surface area contributed by atoms with Crippen LogP contribution in [-0.2, 0) is 9.53 Å². The lowest BCUT2D eigenvalue weighted by molar-refractivity contribution is -0.122. The average Bonchev–Trinajstić information content (AvgIpc) is 2.88. The third kappa shape index (κ3) is 5.94. The van der Waals surface area contributed by atoms with E-state index in [0.717, 1.165) is 6.42 Å². The minimum absolute atomic E-state index is 0.0755. The molecule has 1 fully saturated rings. The summed E-state index contributed by atoms with van der Waals surface area (Å²) in [5, 5.41) is 5.64. The molecule has 1 aliphatic carbocycles. The highest BCUT2D eigenvalue weighted by molar-refractivity contribution is 5.81. The van der Waals surface area contributed by atoms with Crippen LogP contribution >= 0.6 is 0 Å². The molecule has 0 aliphatic heterocycles. The Balaban J connectivity index is 2.34. The van der Waals surface area contributed by atoms with Crippen LogP contribution in [0.15, 0.2) is 0 Å². The largest absolute Gasteiger partial charge is 0.444 e. The standard InChI is InChI=1S/C14H26N2O3/c1-9-7-10(9)11(17)15-8-14(5,6)16-12(18)19-13(2,3)4/h9-10H,7-8H2,1-6H3,(H,15,17)(H,16,18)/t9-,10-/m1/s1. The van der Waals surface area contributed by atoms with E-state index in [2.05, 4.69) is 17.6 Å². The molecule has 1 saturated carbocycles. The van der Waals surface area contributed by atoms with Gasteiger partial charge in [-0.05, 0) is 47.0 Å². The van der Waals surface area contributed by atoms with Gasteiger partial charge in [0, 0.05) is 12.5 Å². The number of nitrogens with one attached hydrogen (secondary N) is 2. The van der Waals surface area contributed by atoms with E-state index in [4.69, 9.17) is 4.74 Å². The van der Waals surface area contributed by atoms with E-state index in [1.165, 1.54) is 0 Å². The number of carbonyl (C=O) groups is 2. The summed E-state index contributed by atoms with van der Waals surface area (Å²) in [6.07, 6.45) is 0.498. The lowest BCUT2D eigenvalue weighted by Crippen LogP contribution is -2.52. The Kier molecular flexibility index (Phi) is 4.48. The first-order valence-electron chi connectivity index (χ1n) is 6.79. The number of alkyl carbamates (subject to hydrolysis) is 1. The fourth-order valence-corrected chi connectivity index (χ4v) is 1.75. The molecule has 0 aromatic carbocycles. The molecule has 2 atom stereocenters. The monoisotopic (exact) mass is 270 g/mol. The van der Waals surface area contributed by atoms with Gasteiger partial charge in [0.1, 0.15) is 5.60 Å². The molecule has 5 heteroatoms. The van der Waals surface area contributed by atoms with Gasteiger partial charge in [0.2, 0.25) is 5.91 Å². The summed E-state index contributed by atoms with van der Waals surface area (Å²) in [5.74, 6) is 0.714. The van der Waals surface area contributed by atoms with Crippen molar-refractivity contribution in [1.29, 1.82) is 0 Å². The summed E-state index contributed by atoms with van der Waals surface area (Å²) >= 11 is 0. The Bertz CT molecular complexity index is 358. The van der Waals surface area contributed by atoms with Crippen molar-refractivity contribution in [3.05, 3.63) is 0 Å². The molecule has 0 aromatic heterocycles. The summed E-state index contributed by atoms with van der Waals surface area (Å²) in [5.41, 5.74) is -1.05. The number of amides is 2. The molecule has 1 rings (SSSR count). The fraction of sp³-hybridized carbons (Fsp3) is 0.857. The Morgan fingerprint density at radius 3 is 2.16 bits per heavy atom. The molecular formula is C14H26N2O3. The van der Waals surface area contributed by atoms with E-state index < -0.39 is 17.2 Å². The number of carbonyl (C=O) groups excluding carboxylic acids is 2. The first-order chi connectivity index (χ1) is 8.50. The second kappa shape index (κ2) is 5.39. The van der Waals surface area contributed by atoms with E-state index in [1.54, 1.807) is 0 Å². The van der Waals surface area contributed by atoms with Crippen molar-refractivity contribution in [1.82, 2.24) is 10.6 Å². The van der Waals surface area contributed by atoms with Crippen molar-refractivity contribution in [2.75, 3.05) is 6.54 Å². The van der Waals surface area contributed by atoms with Gasteiger partial charge in [-0.2, -0.15) is 0 Å². The first kappa shape index (κ1) is 15.8. The Morgan fingerprint density at radius 2 is 1.74 bits per heavy atom. The highest BCUT2D eigenvalue weighted by Crippen LogP contribution is 2.37. The van der Waals surface area contributed by atoms with Gasteiger partial charge in [-0.3, -0.25) is 4.79 Å². The molecule has 0 saturated heterocycles. The SMILES string of the molecule is C[C@@H]1C[C@H]1C(=O)NCC(C)(C)NC(=O)OC(C)(C)C. The van der Waals surface area contributed by atoms with Crippen LogP contribution in [0.2, 0.25) is 0 Å². The highest BCUT2D eigenvalue weighted by atomic mass is 16.6. The number of hydrogen-bond acceptors (Lipinski definition) is 3. The maximum absolute atomic E-state index is 11.7. The molecule has 2 amide bonds. The normalized spacial score (nSPS) is 22.6. The highest BCUT2D eigenvalue weighted by Gasteiger charge is 2.39. The van der Waals surface area contributed by atoms with Crippen molar-refractivity contribution < 1.29 is 14.3 Å². The van der Waals surface area contributed by atoms with Crippen LogP contribution in [0.1, 0.15) is 48.0 Å². The van der Waals surface area contributed by atoms with Crippen LogP contribution < -0.4 is 10.6 Å². The van der Waals surface area contributed by atoms with Crippen molar-refractivity contribution in [3.8, 4) is 0 Å². The predicted molar refractivity (Wildman–Crippen MR) is 73.7 cm³/mol. The number of hydrogen-bond donors (Lipinski definition) is 2. The molecule has 0 heterocycles. The first-order valence-corrected chi connectivity index (χ1v) is 6.79. The van der Waals surface area contributed by atoms with Gasteiger partial charge in [0.25, 0.3) is 0 Å². The minimum Gasteiger partial charge on any atom is -0.444 e. The Hall–Kier alpha value is -1.26. The quantitative estimate of drug-likeness (QED) is 0.821. The molecule has 110 valence electrons. The van der Waals surface area contributed by atoms with E-state index in [1.807, 2.05) is 34.6 Å². The Labute approximate surface area is 115 Å².